The highest BCUT2D eigenvalue weighted by Gasteiger charge is 2.69. The predicted octanol–water partition coefficient (Wildman–Crippen LogP) is 4.12. The maximum absolute atomic E-state index is 11.1. The highest BCUT2D eigenvalue weighted by molar-refractivity contribution is 5.25. The van der Waals surface area contributed by atoms with Gasteiger partial charge in [0.25, 0.3) is 0 Å². The van der Waals surface area contributed by atoms with Crippen molar-refractivity contribution < 1.29 is 9.84 Å². The highest BCUT2D eigenvalue weighted by Crippen LogP contribution is 2.71. The van der Waals surface area contributed by atoms with E-state index in [1.165, 1.54) is 12.8 Å². The van der Waals surface area contributed by atoms with E-state index in [0.29, 0.717) is 17.4 Å². The van der Waals surface area contributed by atoms with Gasteiger partial charge in [-0.3, -0.25) is 0 Å². The lowest BCUT2D eigenvalue weighted by Crippen LogP contribution is -2.41. The number of benzene rings is 1. The Bertz CT molecular complexity index is 577. The average Bonchev–Trinajstić information content (AvgIpc) is 3.07. The van der Waals surface area contributed by atoms with Gasteiger partial charge < -0.3 is 9.84 Å². The van der Waals surface area contributed by atoms with Crippen molar-refractivity contribution in [3.8, 4) is 0 Å². The molecule has 0 spiro atoms. The first-order chi connectivity index (χ1) is 10.3. The number of rotatable bonds is 2. The molecule has 1 aromatic rings. The molecule has 1 saturated heterocycles. The Balaban J connectivity index is 1.63. The van der Waals surface area contributed by atoms with Crippen LogP contribution in [-0.2, 0) is 10.3 Å². The summed E-state index contributed by atoms with van der Waals surface area (Å²) in [5, 5.41) is 11.1. The molecule has 2 bridgehead atoms. The van der Waals surface area contributed by atoms with E-state index in [2.05, 4.69) is 20.8 Å². The fraction of sp³-hybridized carbons (Fsp3) is 0.700. The summed E-state index contributed by atoms with van der Waals surface area (Å²) in [4.78, 5) is 0. The second-order valence-corrected chi connectivity index (χ2v) is 8.74. The molecule has 1 N–H and O–H groups in total. The first-order valence-corrected chi connectivity index (χ1v) is 8.72. The molecular weight excluding hydrogens is 272 g/mol. The van der Waals surface area contributed by atoms with Gasteiger partial charge in [-0.05, 0) is 54.4 Å². The van der Waals surface area contributed by atoms with Crippen molar-refractivity contribution in [2.75, 3.05) is 0 Å². The van der Waals surface area contributed by atoms with E-state index in [0.717, 1.165) is 17.9 Å². The van der Waals surface area contributed by atoms with Crippen LogP contribution in [0.25, 0.3) is 0 Å². The molecule has 4 rings (SSSR count). The first-order valence-electron chi connectivity index (χ1n) is 8.72. The molecule has 2 nitrogen and oxygen atoms in total. The van der Waals surface area contributed by atoms with Crippen molar-refractivity contribution in [2.24, 2.45) is 22.7 Å². The van der Waals surface area contributed by atoms with Gasteiger partial charge in [-0.15, -0.1) is 0 Å². The summed E-state index contributed by atoms with van der Waals surface area (Å²) in [5.41, 5.74) is 0.707. The summed E-state index contributed by atoms with van der Waals surface area (Å²) in [7, 11) is 0. The summed E-state index contributed by atoms with van der Waals surface area (Å²) in [5.74, 6) is 1.37. The topological polar surface area (TPSA) is 29.5 Å². The largest absolute Gasteiger partial charge is 0.383 e. The normalized spacial score (nSPS) is 44.8. The molecule has 3 fully saturated rings. The second kappa shape index (κ2) is 4.36. The van der Waals surface area contributed by atoms with Crippen LogP contribution in [0.4, 0.5) is 0 Å². The zero-order chi connectivity index (χ0) is 15.8. The molecule has 3 aliphatic rings. The average molecular weight is 300 g/mol. The maximum atomic E-state index is 11.1. The molecule has 22 heavy (non-hydrogen) atoms. The van der Waals surface area contributed by atoms with Crippen LogP contribution >= 0.6 is 0 Å². The smallest absolute Gasteiger partial charge is 0.113 e. The lowest BCUT2D eigenvalue weighted by atomic mass is 9.70. The Morgan fingerprint density at radius 2 is 1.86 bits per heavy atom. The van der Waals surface area contributed by atoms with Gasteiger partial charge in [0.2, 0.25) is 0 Å². The maximum Gasteiger partial charge on any atom is 0.113 e. The van der Waals surface area contributed by atoms with Gasteiger partial charge in [-0.2, -0.15) is 0 Å². The Labute approximate surface area is 133 Å². The van der Waals surface area contributed by atoms with Gasteiger partial charge >= 0.3 is 0 Å². The fourth-order valence-electron chi connectivity index (χ4n) is 5.85. The van der Waals surface area contributed by atoms with Gasteiger partial charge in [0, 0.05) is 0 Å². The fourth-order valence-corrected chi connectivity index (χ4v) is 5.85. The Hall–Kier alpha value is -0.860. The zero-order valence-corrected chi connectivity index (χ0v) is 14.2. The molecule has 0 aromatic heterocycles. The molecule has 0 unspecified atom stereocenters. The molecule has 2 heteroatoms. The number of hydrogen-bond donors (Lipinski definition) is 1. The van der Waals surface area contributed by atoms with Gasteiger partial charge in [0.05, 0.1) is 12.2 Å². The molecule has 120 valence electrons. The van der Waals surface area contributed by atoms with Crippen LogP contribution in [-0.4, -0.2) is 17.3 Å². The standard InChI is InChI=1S/C20H28O2/c1-18(2)15-10-11-19(18,3)17-14(15)12-16(22-17)20(4,21)13-8-6-5-7-9-13/h5-9,14-17,21H,10-12H2,1-4H3/t14-,15-,16-,17-,19+,20-/m1/s1. The van der Waals surface area contributed by atoms with Crippen molar-refractivity contribution in [1.82, 2.24) is 0 Å². The SMILES string of the molecule is CC1(C)[C@@H]2CC[C@@]1(C)[C@@H]1O[C@@H]([C@](C)(O)c3ccccc3)C[C@H]21. The van der Waals surface area contributed by atoms with E-state index in [-0.39, 0.29) is 11.5 Å². The highest BCUT2D eigenvalue weighted by atomic mass is 16.5. The van der Waals surface area contributed by atoms with Gasteiger partial charge in [0.15, 0.2) is 0 Å². The Morgan fingerprint density at radius 1 is 1.18 bits per heavy atom. The lowest BCUT2D eigenvalue weighted by Gasteiger charge is -2.40. The van der Waals surface area contributed by atoms with Crippen LogP contribution in [0.5, 0.6) is 0 Å². The van der Waals surface area contributed by atoms with Crippen molar-refractivity contribution in [1.29, 1.82) is 0 Å². The zero-order valence-electron chi connectivity index (χ0n) is 14.2. The Kier molecular flexibility index (Phi) is 2.92. The van der Waals surface area contributed by atoms with E-state index < -0.39 is 5.60 Å². The molecule has 1 heterocycles. The molecule has 0 amide bonds. The molecule has 1 aliphatic heterocycles. The van der Waals surface area contributed by atoms with Gasteiger partial charge in [-0.25, -0.2) is 0 Å². The van der Waals surface area contributed by atoms with E-state index in [1.54, 1.807) is 0 Å². The third-order valence-electron chi connectivity index (χ3n) is 7.69. The third-order valence-corrected chi connectivity index (χ3v) is 7.69. The molecule has 2 aliphatic carbocycles. The van der Waals surface area contributed by atoms with Crippen molar-refractivity contribution in [3.63, 3.8) is 0 Å². The van der Waals surface area contributed by atoms with E-state index in [9.17, 15) is 5.11 Å². The van der Waals surface area contributed by atoms with Crippen LogP contribution in [0.15, 0.2) is 30.3 Å². The third kappa shape index (κ3) is 1.63. The summed E-state index contributed by atoms with van der Waals surface area (Å²) < 4.78 is 6.53. The molecule has 6 atom stereocenters. The van der Waals surface area contributed by atoms with Crippen LogP contribution in [0, 0.1) is 22.7 Å². The second-order valence-electron chi connectivity index (χ2n) is 8.74. The molecule has 0 radical (unpaired) electrons. The number of ether oxygens (including phenoxy) is 1. The summed E-state index contributed by atoms with van der Waals surface area (Å²) in [6.07, 6.45) is 3.83. The summed E-state index contributed by atoms with van der Waals surface area (Å²) >= 11 is 0. The van der Waals surface area contributed by atoms with Crippen molar-refractivity contribution >= 4 is 0 Å². The molecule has 2 saturated carbocycles. The van der Waals surface area contributed by atoms with Crippen LogP contribution in [0.3, 0.4) is 0 Å². The monoisotopic (exact) mass is 300 g/mol. The van der Waals surface area contributed by atoms with Crippen molar-refractivity contribution in [3.05, 3.63) is 35.9 Å². The van der Waals surface area contributed by atoms with Crippen LogP contribution in [0.1, 0.15) is 52.5 Å². The minimum Gasteiger partial charge on any atom is -0.383 e. The van der Waals surface area contributed by atoms with E-state index >= 15 is 0 Å². The molecule has 1 aromatic carbocycles. The molecular formula is C20H28O2. The summed E-state index contributed by atoms with van der Waals surface area (Å²) in [6.45, 7) is 9.19. The van der Waals surface area contributed by atoms with Crippen LogP contribution in [0.2, 0.25) is 0 Å². The van der Waals surface area contributed by atoms with Crippen molar-refractivity contribution in [2.45, 2.75) is 64.8 Å². The Morgan fingerprint density at radius 3 is 2.50 bits per heavy atom. The minimum atomic E-state index is -0.897. The predicted molar refractivity (Wildman–Crippen MR) is 87.4 cm³/mol. The first kappa shape index (κ1) is 14.7. The minimum absolute atomic E-state index is 0.0825. The number of hydrogen-bond acceptors (Lipinski definition) is 2. The van der Waals surface area contributed by atoms with Crippen LogP contribution < -0.4 is 0 Å². The summed E-state index contributed by atoms with van der Waals surface area (Å²) in [6, 6.07) is 10.0. The number of aliphatic hydroxyl groups is 1. The quantitative estimate of drug-likeness (QED) is 0.890. The van der Waals surface area contributed by atoms with E-state index in [1.807, 2.05) is 37.3 Å². The lowest BCUT2D eigenvalue weighted by molar-refractivity contribution is -0.131. The van der Waals surface area contributed by atoms with Gasteiger partial charge in [-0.1, -0.05) is 51.1 Å². The van der Waals surface area contributed by atoms with Gasteiger partial charge in [0.1, 0.15) is 5.60 Å². The van der Waals surface area contributed by atoms with E-state index in [4.69, 9.17) is 4.74 Å². The number of fused-ring (bicyclic) bond motifs is 5.